The van der Waals surface area contributed by atoms with E-state index in [-0.39, 0.29) is 15.4 Å². The number of fused-ring (bicyclic) bond motifs is 1. The number of nitrogens with zero attached hydrogens (tertiary/aromatic N) is 6. The van der Waals surface area contributed by atoms with Gasteiger partial charge in [0.2, 0.25) is 0 Å². The molecule has 1 atom stereocenters. The largest absolute Gasteiger partial charge is 0.453 e. The SMILES string of the molecule is COC(=O)Nc1nc(C)c(S(=O)(=O)N2CCN(C[C@H](C)Nc3ncnc4c(-c5c(C)noc5C)cccc34)CC2)s1. The molecule has 4 heterocycles. The number of carbonyl (C=O) groups is 1. The first-order valence-electron chi connectivity index (χ1n) is 13.1. The molecule has 15 heteroatoms. The lowest BCUT2D eigenvalue weighted by molar-refractivity contribution is 0.184. The Balaban J connectivity index is 1.23. The van der Waals surface area contributed by atoms with Gasteiger partial charge < -0.3 is 14.6 Å². The summed E-state index contributed by atoms with van der Waals surface area (Å²) >= 11 is 0.922. The summed E-state index contributed by atoms with van der Waals surface area (Å²) in [6, 6.07) is 6.01. The predicted octanol–water partition coefficient (Wildman–Crippen LogP) is 3.65. The van der Waals surface area contributed by atoms with Gasteiger partial charge in [-0.1, -0.05) is 28.6 Å². The van der Waals surface area contributed by atoms with Gasteiger partial charge in [-0.15, -0.1) is 0 Å². The number of methoxy groups -OCH3 is 1. The van der Waals surface area contributed by atoms with Crippen molar-refractivity contribution < 1.29 is 22.5 Å². The zero-order valence-electron chi connectivity index (χ0n) is 23.5. The van der Waals surface area contributed by atoms with Crippen molar-refractivity contribution in [2.45, 2.75) is 37.9 Å². The molecule has 0 saturated carbocycles. The Kier molecular flexibility index (Phi) is 8.22. The number of amides is 1. The zero-order valence-corrected chi connectivity index (χ0v) is 25.1. The molecule has 1 aliphatic rings. The van der Waals surface area contributed by atoms with Crippen LogP contribution in [0.2, 0.25) is 0 Å². The van der Waals surface area contributed by atoms with E-state index in [2.05, 4.69) is 47.3 Å². The molecule has 1 saturated heterocycles. The predicted molar refractivity (Wildman–Crippen MR) is 156 cm³/mol. The highest BCUT2D eigenvalue weighted by Crippen LogP contribution is 2.34. The Bertz CT molecular complexity index is 1660. The van der Waals surface area contributed by atoms with E-state index in [0.29, 0.717) is 38.4 Å². The molecule has 1 amide bonds. The van der Waals surface area contributed by atoms with Gasteiger partial charge in [0.1, 0.15) is 17.9 Å². The Hall–Kier alpha value is -3.66. The molecular formula is C26H32N8O5S2. The van der Waals surface area contributed by atoms with E-state index in [4.69, 9.17) is 4.52 Å². The van der Waals surface area contributed by atoms with E-state index in [9.17, 15) is 13.2 Å². The van der Waals surface area contributed by atoms with Crippen molar-refractivity contribution >= 4 is 49.3 Å². The molecule has 1 aliphatic heterocycles. The van der Waals surface area contributed by atoms with E-state index in [1.54, 1.807) is 13.3 Å². The zero-order chi connectivity index (χ0) is 29.3. The number of aromatic nitrogens is 4. The molecular weight excluding hydrogens is 568 g/mol. The van der Waals surface area contributed by atoms with Crippen molar-refractivity contribution in [2.24, 2.45) is 0 Å². The molecule has 3 aromatic heterocycles. The Morgan fingerprint density at radius 2 is 1.90 bits per heavy atom. The number of ether oxygens (including phenoxy) is 1. The number of nitrogens with one attached hydrogen (secondary N) is 2. The lowest BCUT2D eigenvalue weighted by Gasteiger charge is -2.35. The van der Waals surface area contributed by atoms with Gasteiger partial charge in [0, 0.05) is 55.3 Å². The second-order valence-corrected chi connectivity index (χ2v) is 13.0. The van der Waals surface area contributed by atoms with Gasteiger partial charge >= 0.3 is 6.09 Å². The summed E-state index contributed by atoms with van der Waals surface area (Å²) in [6.07, 6.45) is 0.853. The Labute approximate surface area is 242 Å². The quantitative estimate of drug-likeness (QED) is 0.304. The fourth-order valence-electron chi connectivity index (χ4n) is 5.02. The van der Waals surface area contributed by atoms with Crippen LogP contribution >= 0.6 is 11.3 Å². The number of carbonyl (C=O) groups excluding carboxylic acids is 1. The van der Waals surface area contributed by atoms with Crippen LogP contribution in [0.15, 0.2) is 33.3 Å². The van der Waals surface area contributed by atoms with E-state index in [1.807, 2.05) is 32.0 Å². The van der Waals surface area contributed by atoms with Crippen LogP contribution in [0.1, 0.15) is 24.1 Å². The van der Waals surface area contributed by atoms with Crippen LogP contribution in [0, 0.1) is 20.8 Å². The van der Waals surface area contributed by atoms with Gasteiger partial charge in [-0.2, -0.15) is 4.31 Å². The standard InChI is InChI=1S/C26H32N8O5S2/c1-15(29-23-20-8-6-7-19(22(20)27-14-28-23)21-16(2)32-39-18(21)4)13-33-9-11-34(12-10-33)41(36,37)24-17(3)30-25(40-24)31-26(35)38-5/h6-8,14-15H,9-13H2,1-5H3,(H,27,28,29)(H,30,31,35)/t15-/m0/s1. The van der Waals surface area contributed by atoms with Crippen molar-refractivity contribution in [3.8, 4) is 11.1 Å². The van der Waals surface area contributed by atoms with Gasteiger partial charge in [0.25, 0.3) is 10.0 Å². The molecule has 218 valence electrons. The monoisotopic (exact) mass is 600 g/mol. The van der Waals surface area contributed by atoms with Crippen molar-refractivity contribution in [1.29, 1.82) is 0 Å². The number of rotatable bonds is 8. The van der Waals surface area contributed by atoms with Gasteiger partial charge in [-0.3, -0.25) is 10.2 Å². The average molecular weight is 601 g/mol. The molecule has 0 spiro atoms. The van der Waals surface area contributed by atoms with Crippen LogP contribution in [0.5, 0.6) is 0 Å². The van der Waals surface area contributed by atoms with Gasteiger partial charge in [0.15, 0.2) is 9.34 Å². The number of hydrogen-bond donors (Lipinski definition) is 2. The van der Waals surface area contributed by atoms with Crippen molar-refractivity contribution in [3.63, 3.8) is 0 Å². The third kappa shape index (κ3) is 5.88. The van der Waals surface area contributed by atoms with E-state index >= 15 is 0 Å². The minimum Gasteiger partial charge on any atom is -0.453 e. The molecule has 5 rings (SSSR count). The third-order valence-corrected chi connectivity index (χ3v) is 10.5. The minimum atomic E-state index is -3.74. The number of thiazole rings is 1. The second kappa shape index (κ2) is 11.7. The highest BCUT2D eigenvalue weighted by molar-refractivity contribution is 7.91. The Morgan fingerprint density at radius 3 is 2.59 bits per heavy atom. The number of benzene rings is 1. The van der Waals surface area contributed by atoms with Crippen molar-refractivity contribution in [3.05, 3.63) is 41.7 Å². The highest BCUT2D eigenvalue weighted by Gasteiger charge is 2.32. The average Bonchev–Trinajstić information content (AvgIpc) is 3.49. The number of sulfonamides is 1. The molecule has 2 N–H and O–H groups in total. The Morgan fingerprint density at radius 1 is 1.15 bits per heavy atom. The van der Waals surface area contributed by atoms with E-state index in [0.717, 1.165) is 50.6 Å². The summed E-state index contributed by atoms with van der Waals surface area (Å²) in [5.74, 6) is 1.47. The first kappa shape index (κ1) is 28.9. The number of para-hydroxylation sites is 1. The van der Waals surface area contributed by atoms with Crippen LogP contribution in [-0.2, 0) is 14.8 Å². The molecule has 0 unspecified atom stereocenters. The number of piperazine rings is 1. The summed E-state index contributed by atoms with van der Waals surface area (Å²) in [5.41, 5.74) is 3.84. The molecule has 1 fully saturated rings. The topological polar surface area (TPSA) is 156 Å². The molecule has 0 bridgehead atoms. The fraction of sp³-hybridized carbons (Fsp3) is 0.423. The van der Waals surface area contributed by atoms with Gasteiger partial charge in [0.05, 0.1) is 24.0 Å². The molecule has 1 aromatic carbocycles. The van der Waals surface area contributed by atoms with Gasteiger partial charge in [-0.25, -0.2) is 28.2 Å². The maximum Gasteiger partial charge on any atom is 0.413 e. The summed E-state index contributed by atoms with van der Waals surface area (Å²) in [5, 5.41) is 11.1. The van der Waals surface area contributed by atoms with Crippen LogP contribution in [-0.4, -0.2) is 89.7 Å². The lowest BCUT2D eigenvalue weighted by atomic mass is 10.0. The van der Waals surface area contributed by atoms with Gasteiger partial charge in [-0.05, 0) is 33.8 Å². The van der Waals surface area contributed by atoms with Crippen LogP contribution in [0.25, 0.3) is 22.0 Å². The van der Waals surface area contributed by atoms with E-state index < -0.39 is 16.1 Å². The maximum atomic E-state index is 13.3. The normalized spacial score (nSPS) is 15.6. The van der Waals surface area contributed by atoms with E-state index in [1.165, 1.54) is 11.4 Å². The second-order valence-electron chi connectivity index (χ2n) is 9.88. The van der Waals surface area contributed by atoms with Crippen molar-refractivity contribution in [1.82, 2.24) is 29.3 Å². The van der Waals surface area contributed by atoms with Crippen molar-refractivity contribution in [2.75, 3.05) is 50.5 Å². The fourth-order valence-corrected chi connectivity index (χ4v) is 7.98. The lowest BCUT2D eigenvalue weighted by Crippen LogP contribution is -2.50. The first-order valence-corrected chi connectivity index (χ1v) is 15.3. The molecule has 13 nitrogen and oxygen atoms in total. The summed E-state index contributed by atoms with van der Waals surface area (Å²) in [7, 11) is -2.51. The minimum absolute atomic E-state index is 0.0367. The number of aryl methyl sites for hydroxylation is 3. The summed E-state index contributed by atoms with van der Waals surface area (Å²) < 4.78 is 38.2. The molecule has 0 radical (unpaired) electrons. The van der Waals surface area contributed by atoms with Crippen LogP contribution in [0.4, 0.5) is 15.7 Å². The smallest absolute Gasteiger partial charge is 0.413 e. The molecule has 4 aromatic rings. The summed E-state index contributed by atoms with van der Waals surface area (Å²) in [6.45, 7) is 10.1. The number of hydrogen-bond acceptors (Lipinski definition) is 12. The van der Waals surface area contributed by atoms with Crippen LogP contribution < -0.4 is 10.6 Å². The third-order valence-electron chi connectivity index (χ3n) is 6.94. The van der Waals surface area contributed by atoms with Crippen LogP contribution in [0.3, 0.4) is 0 Å². The molecule has 41 heavy (non-hydrogen) atoms. The maximum absolute atomic E-state index is 13.3. The summed E-state index contributed by atoms with van der Waals surface area (Å²) in [4.78, 5) is 27.0. The first-order chi connectivity index (χ1) is 19.6. The number of anilines is 2. The molecule has 0 aliphatic carbocycles. The highest BCUT2D eigenvalue weighted by atomic mass is 32.2.